The van der Waals surface area contributed by atoms with Crippen LogP contribution < -0.4 is 5.73 Å². The maximum atomic E-state index is 11.8. The van der Waals surface area contributed by atoms with E-state index in [1.54, 1.807) is 0 Å². The second-order valence-corrected chi connectivity index (χ2v) is 6.27. The lowest BCUT2D eigenvalue weighted by molar-refractivity contribution is -0.176. The second kappa shape index (κ2) is 7.38. The molecular weight excluding hydrogens is 270 g/mol. The van der Waals surface area contributed by atoms with Gasteiger partial charge >= 0.3 is 0 Å². The number of rotatable bonds is 5. The molecule has 1 amide bonds. The first-order chi connectivity index (χ1) is 10.0. The van der Waals surface area contributed by atoms with E-state index in [0.717, 1.165) is 25.9 Å². The molecule has 5 heteroatoms. The predicted molar refractivity (Wildman–Crippen MR) is 79.2 cm³/mol. The fourth-order valence-corrected chi connectivity index (χ4v) is 3.46. The van der Waals surface area contributed by atoms with Crippen molar-refractivity contribution >= 4 is 5.91 Å². The summed E-state index contributed by atoms with van der Waals surface area (Å²) in [5.41, 5.74) is 6.76. The number of hydrogen-bond donors (Lipinski definition) is 2. The highest BCUT2D eigenvalue weighted by Crippen LogP contribution is 2.38. The summed E-state index contributed by atoms with van der Waals surface area (Å²) in [4.78, 5) is 11.8. The van der Waals surface area contributed by atoms with Crippen molar-refractivity contribution < 1.29 is 19.4 Å². The van der Waals surface area contributed by atoms with Crippen molar-refractivity contribution in [2.24, 2.45) is 29.4 Å². The number of aliphatic hydroxyl groups is 1. The molecule has 1 fully saturated rings. The van der Waals surface area contributed by atoms with Crippen molar-refractivity contribution in [3.8, 4) is 0 Å². The zero-order valence-corrected chi connectivity index (χ0v) is 13.0. The smallest absolute Gasteiger partial charge is 0.221 e. The molecule has 1 aliphatic carbocycles. The Hall–Kier alpha value is -0.910. The minimum atomic E-state index is -0.378. The predicted octanol–water partition coefficient (Wildman–Crippen LogP) is 1.45. The Morgan fingerprint density at radius 1 is 1.52 bits per heavy atom. The average molecular weight is 297 g/mol. The molecule has 5 atom stereocenters. The molecule has 120 valence electrons. The van der Waals surface area contributed by atoms with Crippen LogP contribution in [0.3, 0.4) is 0 Å². The Bertz CT molecular complexity index is 390. The Morgan fingerprint density at radius 3 is 2.86 bits per heavy atom. The van der Waals surface area contributed by atoms with E-state index >= 15 is 0 Å². The van der Waals surface area contributed by atoms with E-state index in [0.29, 0.717) is 6.61 Å². The van der Waals surface area contributed by atoms with Gasteiger partial charge in [-0.15, -0.1) is 0 Å². The van der Waals surface area contributed by atoms with E-state index in [2.05, 4.69) is 6.92 Å². The van der Waals surface area contributed by atoms with E-state index in [9.17, 15) is 9.90 Å². The van der Waals surface area contributed by atoms with Crippen LogP contribution in [0.4, 0.5) is 0 Å². The van der Waals surface area contributed by atoms with E-state index in [4.69, 9.17) is 15.2 Å². The van der Waals surface area contributed by atoms with Gasteiger partial charge in [0.15, 0.2) is 6.29 Å². The molecule has 21 heavy (non-hydrogen) atoms. The van der Waals surface area contributed by atoms with Gasteiger partial charge in [-0.2, -0.15) is 0 Å². The van der Waals surface area contributed by atoms with Gasteiger partial charge in [-0.1, -0.05) is 18.6 Å². The molecule has 3 N–H and O–H groups in total. The van der Waals surface area contributed by atoms with Crippen LogP contribution in [0.15, 0.2) is 11.6 Å². The first kappa shape index (κ1) is 16.5. The molecule has 5 nitrogen and oxygen atoms in total. The van der Waals surface area contributed by atoms with Crippen molar-refractivity contribution in [2.45, 2.75) is 39.4 Å². The normalized spacial score (nSPS) is 37.1. The third-order valence-electron chi connectivity index (χ3n) is 4.91. The van der Waals surface area contributed by atoms with Crippen LogP contribution >= 0.6 is 0 Å². The Labute approximate surface area is 126 Å². The Kier molecular flexibility index (Phi) is 5.79. The fourth-order valence-electron chi connectivity index (χ4n) is 3.46. The number of carbonyl (C=O) groups is 1. The molecule has 0 aromatic heterocycles. The third kappa shape index (κ3) is 3.84. The van der Waals surface area contributed by atoms with Crippen molar-refractivity contribution in [3.63, 3.8) is 0 Å². The summed E-state index contributed by atoms with van der Waals surface area (Å²) in [6.45, 7) is 5.25. The third-order valence-corrected chi connectivity index (χ3v) is 4.91. The highest BCUT2D eigenvalue weighted by Gasteiger charge is 2.40. The fraction of sp³-hybridized carbons (Fsp3) is 0.812. The summed E-state index contributed by atoms with van der Waals surface area (Å²) in [6.07, 6.45) is 4.91. The number of hydrogen-bond acceptors (Lipinski definition) is 4. The first-order valence-corrected chi connectivity index (χ1v) is 7.86. The van der Waals surface area contributed by atoms with Gasteiger partial charge in [0.2, 0.25) is 5.91 Å². The minimum Gasteiger partial charge on any atom is -0.396 e. The molecule has 0 saturated carbocycles. The van der Waals surface area contributed by atoms with Gasteiger partial charge in [0.05, 0.1) is 19.1 Å². The van der Waals surface area contributed by atoms with Crippen LogP contribution in [0.1, 0.15) is 33.1 Å². The molecule has 0 bridgehead atoms. The summed E-state index contributed by atoms with van der Waals surface area (Å²) in [5.74, 6) is -0.733. The van der Waals surface area contributed by atoms with E-state index in [-0.39, 0.29) is 42.5 Å². The largest absolute Gasteiger partial charge is 0.396 e. The van der Waals surface area contributed by atoms with E-state index in [1.165, 1.54) is 5.57 Å². The molecule has 0 radical (unpaired) electrons. The molecule has 2 rings (SSSR count). The quantitative estimate of drug-likeness (QED) is 0.753. The summed E-state index contributed by atoms with van der Waals surface area (Å²) >= 11 is 0. The number of nitrogens with two attached hydrogens (primary N) is 1. The molecule has 1 unspecified atom stereocenters. The lowest BCUT2D eigenvalue weighted by Gasteiger charge is -2.39. The van der Waals surface area contributed by atoms with Crippen LogP contribution in [0.5, 0.6) is 0 Å². The van der Waals surface area contributed by atoms with Gasteiger partial charge in [-0.05, 0) is 32.1 Å². The van der Waals surface area contributed by atoms with Crippen LogP contribution in [0.2, 0.25) is 0 Å². The van der Waals surface area contributed by atoms with Crippen LogP contribution in [-0.2, 0) is 14.3 Å². The topological polar surface area (TPSA) is 81.8 Å². The summed E-state index contributed by atoms with van der Waals surface area (Å²) < 4.78 is 11.5. The van der Waals surface area contributed by atoms with Gasteiger partial charge in [-0.25, -0.2) is 0 Å². The maximum Gasteiger partial charge on any atom is 0.221 e. The van der Waals surface area contributed by atoms with Gasteiger partial charge < -0.3 is 20.3 Å². The number of amides is 1. The Morgan fingerprint density at radius 2 is 2.29 bits per heavy atom. The van der Waals surface area contributed by atoms with Gasteiger partial charge in [0.1, 0.15) is 0 Å². The lowest BCUT2D eigenvalue weighted by atomic mass is 9.68. The van der Waals surface area contributed by atoms with Crippen molar-refractivity contribution in [2.75, 3.05) is 19.8 Å². The molecule has 1 heterocycles. The van der Waals surface area contributed by atoms with E-state index < -0.39 is 0 Å². The number of carbonyl (C=O) groups excluding carboxylic acids is 1. The van der Waals surface area contributed by atoms with Crippen molar-refractivity contribution in [1.29, 1.82) is 0 Å². The van der Waals surface area contributed by atoms with Crippen LogP contribution in [-0.4, -0.2) is 37.1 Å². The summed E-state index contributed by atoms with van der Waals surface area (Å²) in [6, 6.07) is 0. The van der Waals surface area contributed by atoms with Crippen molar-refractivity contribution in [1.82, 2.24) is 0 Å². The molecule has 1 aliphatic heterocycles. The first-order valence-electron chi connectivity index (χ1n) is 7.86. The number of ether oxygens (including phenoxy) is 2. The molecule has 1 saturated heterocycles. The number of allylic oxidation sites excluding steroid dienone is 1. The zero-order chi connectivity index (χ0) is 15.4. The van der Waals surface area contributed by atoms with Gasteiger partial charge in [0.25, 0.3) is 0 Å². The molecule has 0 spiro atoms. The average Bonchev–Trinajstić information content (AvgIpc) is 2.48. The summed E-state index contributed by atoms with van der Waals surface area (Å²) in [5, 5.41) is 9.53. The van der Waals surface area contributed by atoms with Gasteiger partial charge in [0, 0.05) is 18.4 Å². The lowest BCUT2D eigenvalue weighted by Crippen LogP contribution is -2.44. The van der Waals surface area contributed by atoms with E-state index in [1.807, 2.05) is 13.0 Å². The number of primary amides is 1. The zero-order valence-electron chi connectivity index (χ0n) is 13.0. The van der Waals surface area contributed by atoms with Crippen LogP contribution in [0.25, 0.3) is 0 Å². The SMILES string of the molecule is CC1=C[C@H](CO)[C@H](C(N)=O)[C@H](COC2CCCCO2)[C@@H]1C. The van der Waals surface area contributed by atoms with Crippen LogP contribution in [0, 0.1) is 23.7 Å². The molecule has 2 aliphatic rings. The molecular formula is C16H27NO4. The van der Waals surface area contributed by atoms with Gasteiger partial charge in [-0.3, -0.25) is 4.79 Å². The minimum absolute atomic E-state index is 0.00447. The second-order valence-electron chi connectivity index (χ2n) is 6.27. The van der Waals surface area contributed by atoms with Crippen molar-refractivity contribution in [3.05, 3.63) is 11.6 Å². The molecule has 0 aromatic rings. The maximum absolute atomic E-state index is 11.8. The highest BCUT2D eigenvalue weighted by molar-refractivity contribution is 5.78. The number of aliphatic hydroxyl groups excluding tert-OH is 1. The standard InChI is InChI=1S/C16H27NO4/c1-10-7-12(8-18)15(16(17)19)13(11(10)2)9-21-14-5-3-4-6-20-14/h7,11-15,18H,3-6,8-9H2,1-2H3,(H2,17,19)/t11-,12-,13-,14?,15+/m1/s1. The highest BCUT2D eigenvalue weighted by atomic mass is 16.7. The monoisotopic (exact) mass is 297 g/mol. The summed E-state index contributed by atoms with van der Waals surface area (Å²) in [7, 11) is 0. The Balaban J connectivity index is 2.05. The molecule has 0 aromatic carbocycles.